The molecule has 0 aliphatic rings. The first-order chi connectivity index (χ1) is 9.11. The minimum atomic E-state index is 0.191. The van der Waals surface area contributed by atoms with E-state index in [2.05, 4.69) is 90.8 Å². The molecule has 100 valence electrons. The molecule has 0 amide bonds. The molecule has 4 heteroatoms. The quantitative estimate of drug-likeness (QED) is 0.377. The van der Waals surface area contributed by atoms with Crippen molar-refractivity contribution >= 4 is 54.5 Å². The Hall–Kier alpha value is -0.0700. The second-order valence-corrected chi connectivity index (χ2v) is 7.05. The standard InChI is InChI=1S/C15H13Br2IO/c1-2-19-14-8-5-11(9-13(14)16)15(17)10-3-6-12(18)7-4-10/h3-9,15H,2H2,1H3. The van der Waals surface area contributed by atoms with Crippen LogP contribution in [0.2, 0.25) is 0 Å². The molecule has 0 N–H and O–H groups in total. The molecule has 0 aliphatic heterocycles. The molecule has 0 aromatic heterocycles. The zero-order chi connectivity index (χ0) is 13.8. The van der Waals surface area contributed by atoms with E-state index in [4.69, 9.17) is 4.74 Å². The zero-order valence-electron chi connectivity index (χ0n) is 10.4. The fraction of sp³-hybridized carbons (Fsp3) is 0.200. The molecule has 0 spiro atoms. The molecule has 0 aliphatic carbocycles. The third kappa shape index (κ3) is 3.95. The molecule has 1 unspecified atom stereocenters. The Bertz CT molecular complexity index is 555. The van der Waals surface area contributed by atoms with Crippen LogP contribution >= 0.6 is 54.5 Å². The Labute approximate surface area is 144 Å². The highest BCUT2D eigenvalue weighted by Gasteiger charge is 2.12. The van der Waals surface area contributed by atoms with Crippen LogP contribution < -0.4 is 4.74 Å². The van der Waals surface area contributed by atoms with E-state index < -0.39 is 0 Å². The third-order valence-electron chi connectivity index (χ3n) is 2.71. The van der Waals surface area contributed by atoms with Gasteiger partial charge in [0, 0.05) is 3.57 Å². The number of hydrogen-bond acceptors (Lipinski definition) is 1. The maximum absolute atomic E-state index is 5.53. The van der Waals surface area contributed by atoms with Crippen molar-refractivity contribution in [3.8, 4) is 5.75 Å². The Morgan fingerprint density at radius 2 is 1.74 bits per heavy atom. The minimum Gasteiger partial charge on any atom is -0.493 e. The Morgan fingerprint density at radius 3 is 2.32 bits per heavy atom. The molecule has 1 nitrogen and oxygen atoms in total. The van der Waals surface area contributed by atoms with Crippen LogP contribution in [0.5, 0.6) is 5.75 Å². The second kappa shape index (κ2) is 7.09. The first-order valence-electron chi connectivity index (χ1n) is 5.93. The van der Waals surface area contributed by atoms with Gasteiger partial charge in [-0.05, 0) is 80.8 Å². The molecule has 0 heterocycles. The third-order valence-corrected chi connectivity index (χ3v) is 5.11. The molecule has 0 saturated carbocycles. The maximum Gasteiger partial charge on any atom is 0.133 e. The van der Waals surface area contributed by atoms with Gasteiger partial charge in [-0.2, -0.15) is 0 Å². The predicted octanol–water partition coefficient (Wildman–Crippen LogP) is 5.94. The second-order valence-electron chi connectivity index (χ2n) is 4.04. The van der Waals surface area contributed by atoms with Gasteiger partial charge in [0.25, 0.3) is 0 Å². The van der Waals surface area contributed by atoms with E-state index in [9.17, 15) is 0 Å². The number of halogens is 3. The van der Waals surface area contributed by atoms with Gasteiger partial charge in [0.1, 0.15) is 5.75 Å². The van der Waals surface area contributed by atoms with Crippen molar-refractivity contribution in [1.29, 1.82) is 0 Å². The monoisotopic (exact) mass is 494 g/mol. The summed E-state index contributed by atoms with van der Waals surface area (Å²) in [5.41, 5.74) is 2.45. The largest absolute Gasteiger partial charge is 0.493 e. The highest BCUT2D eigenvalue weighted by atomic mass is 127. The Kier molecular flexibility index (Phi) is 5.71. The molecule has 2 rings (SSSR count). The predicted molar refractivity (Wildman–Crippen MR) is 95.2 cm³/mol. The zero-order valence-corrected chi connectivity index (χ0v) is 15.7. The fourth-order valence-corrected chi connectivity index (χ4v) is 3.23. The highest BCUT2D eigenvalue weighted by molar-refractivity contribution is 14.1. The van der Waals surface area contributed by atoms with Gasteiger partial charge in [-0.25, -0.2) is 0 Å². The minimum absolute atomic E-state index is 0.191. The normalized spacial score (nSPS) is 12.2. The lowest BCUT2D eigenvalue weighted by Crippen LogP contribution is -1.96. The lowest BCUT2D eigenvalue weighted by atomic mass is 10.0. The van der Waals surface area contributed by atoms with Crippen LogP contribution in [0, 0.1) is 3.57 Å². The van der Waals surface area contributed by atoms with Crippen LogP contribution in [0.4, 0.5) is 0 Å². The van der Waals surface area contributed by atoms with Crippen LogP contribution in [-0.2, 0) is 0 Å². The number of hydrogen-bond donors (Lipinski definition) is 0. The van der Waals surface area contributed by atoms with Crippen molar-refractivity contribution in [2.24, 2.45) is 0 Å². The number of ether oxygens (including phenoxy) is 1. The smallest absolute Gasteiger partial charge is 0.133 e. The summed E-state index contributed by atoms with van der Waals surface area (Å²) in [7, 11) is 0. The molecule has 0 radical (unpaired) electrons. The lowest BCUT2D eigenvalue weighted by molar-refractivity contribution is 0.338. The summed E-state index contributed by atoms with van der Waals surface area (Å²) < 4.78 is 7.76. The van der Waals surface area contributed by atoms with Gasteiger partial charge in [0.05, 0.1) is 15.9 Å². The summed E-state index contributed by atoms with van der Waals surface area (Å²) in [6.45, 7) is 2.66. The Balaban J connectivity index is 2.26. The summed E-state index contributed by atoms with van der Waals surface area (Å²) in [5, 5.41) is 0. The molecule has 0 saturated heterocycles. The molecule has 0 bridgehead atoms. The van der Waals surface area contributed by atoms with Crippen molar-refractivity contribution in [3.05, 3.63) is 61.6 Å². The van der Waals surface area contributed by atoms with Crippen molar-refractivity contribution in [3.63, 3.8) is 0 Å². The van der Waals surface area contributed by atoms with Gasteiger partial charge in [-0.15, -0.1) is 0 Å². The van der Waals surface area contributed by atoms with E-state index in [1.807, 2.05) is 13.0 Å². The van der Waals surface area contributed by atoms with Crippen LogP contribution in [0.15, 0.2) is 46.9 Å². The summed E-state index contributed by atoms with van der Waals surface area (Å²) in [4.78, 5) is 0.191. The van der Waals surface area contributed by atoms with E-state index in [0.717, 1.165) is 10.2 Å². The molecule has 0 fully saturated rings. The van der Waals surface area contributed by atoms with Gasteiger partial charge in [0.2, 0.25) is 0 Å². The summed E-state index contributed by atoms with van der Waals surface area (Å²) in [5.74, 6) is 0.883. The van der Waals surface area contributed by atoms with Gasteiger partial charge < -0.3 is 4.74 Å². The van der Waals surface area contributed by atoms with E-state index >= 15 is 0 Å². The highest BCUT2D eigenvalue weighted by Crippen LogP contribution is 2.35. The topological polar surface area (TPSA) is 9.23 Å². The van der Waals surface area contributed by atoms with Crippen LogP contribution in [0.25, 0.3) is 0 Å². The summed E-state index contributed by atoms with van der Waals surface area (Å²) in [6, 6.07) is 14.7. The summed E-state index contributed by atoms with van der Waals surface area (Å²) in [6.07, 6.45) is 0. The SMILES string of the molecule is CCOc1ccc(C(Br)c2ccc(I)cc2)cc1Br. The number of alkyl halides is 1. The molecular weight excluding hydrogens is 483 g/mol. The van der Waals surface area contributed by atoms with Gasteiger partial charge in [-0.1, -0.05) is 34.1 Å². The van der Waals surface area contributed by atoms with Crippen LogP contribution in [-0.4, -0.2) is 6.61 Å². The van der Waals surface area contributed by atoms with Crippen LogP contribution in [0.1, 0.15) is 22.9 Å². The van der Waals surface area contributed by atoms with E-state index in [-0.39, 0.29) is 4.83 Å². The maximum atomic E-state index is 5.53. The summed E-state index contributed by atoms with van der Waals surface area (Å²) >= 11 is 9.62. The van der Waals surface area contributed by atoms with E-state index in [1.165, 1.54) is 14.7 Å². The average Bonchev–Trinajstić information content (AvgIpc) is 2.41. The Morgan fingerprint density at radius 1 is 1.11 bits per heavy atom. The van der Waals surface area contributed by atoms with Crippen molar-refractivity contribution in [1.82, 2.24) is 0 Å². The first-order valence-corrected chi connectivity index (χ1v) is 8.72. The van der Waals surface area contributed by atoms with Crippen molar-refractivity contribution in [2.45, 2.75) is 11.8 Å². The number of benzene rings is 2. The number of rotatable bonds is 4. The average molecular weight is 496 g/mol. The molecule has 1 atom stereocenters. The molecule has 19 heavy (non-hydrogen) atoms. The fourth-order valence-electron chi connectivity index (χ4n) is 1.77. The molecule has 2 aromatic carbocycles. The van der Waals surface area contributed by atoms with E-state index in [1.54, 1.807) is 0 Å². The first kappa shape index (κ1) is 15.3. The van der Waals surface area contributed by atoms with Crippen molar-refractivity contribution in [2.75, 3.05) is 6.61 Å². The lowest BCUT2D eigenvalue weighted by Gasteiger charge is -2.13. The van der Waals surface area contributed by atoms with Gasteiger partial charge >= 0.3 is 0 Å². The van der Waals surface area contributed by atoms with Gasteiger partial charge in [-0.3, -0.25) is 0 Å². The molecule has 2 aromatic rings. The molecular formula is C15H13Br2IO. The van der Waals surface area contributed by atoms with Crippen molar-refractivity contribution < 1.29 is 4.74 Å². The van der Waals surface area contributed by atoms with E-state index in [0.29, 0.717) is 6.61 Å². The van der Waals surface area contributed by atoms with Crippen LogP contribution in [0.3, 0.4) is 0 Å². The van der Waals surface area contributed by atoms with Gasteiger partial charge in [0.15, 0.2) is 0 Å².